The maximum atomic E-state index is 12.0. The second kappa shape index (κ2) is 5.47. The molecule has 1 fully saturated rings. The van der Waals surface area contributed by atoms with Crippen molar-refractivity contribution in [1.82, 2.24) is 10.6 Å². The molecule has 0 aromatic carbocycles. The van der Waals surface area contributed by atoms with Gasteiger partial charge >= 0.3 is 0 Å². The Labute approximate surface area is 91.8 Å². The van der Waals surface area contributed by atoms with E-state index in [4.69, 9.17) is 4.74 Å². The van der Waals surface area contributed by atoms with Crippen LogP contribution in [0.1, 0.15) is 33.1 Å². The summed E-state index contributed by atoms with van der Waals surface area (Å²) in [6.45, 7) is 5.53. The summed E-state index contributed by atoms with van der Waals surface area (Å²) < 4.78 is 5.06. The van der Waals surface area contributed by atoms with E-state index in [1.54, 1.807) is 7.11 Å². The number of hydrogen-bond donors (Lipinski definition) is 2. The average molecular weight is 214 g/mol. The van der Waals surface area contributed by atoms with Crippen LogP contribution in [0.4, 0.5) is 0 Å². The van der Waals surface area contributed by atoms with Crippen molar-refractivity contribution in [2.24, 2.45) is 0 Å². The van der Waals surface area contributed by atoms with Gasteiger partial charge in [0.2, 0.25) is 5.91 Å². The molecule has 0 bridgehead atoms. The van der Waals surface area contributed by atoms with E-state index in [2.05, 4.69) is 10.6 Å². The highest BCUT2D eigenvalue weighted by molar-refractivity contribution is 5.86. The van der Waals surface area contributed by atoms with Crippen LogP contribution in [0, 0.1) is 0 Å². The Balaban J connectivity index is 2.45. The van der Waals surface area contributed by atoms with Crippen molar-refractivity contribution in [3.05, 3.63) is 0 Å². The Hall–Kier alpha value is -0.610. The van der Waals surface area contributed by atoms with E-state index in [0.29, 0.717) is 6.61 Å². The summed E-state index contributed by atoms with van der Waals surface area (Å²) in [5.74, 6) is 0.101. The van der Waals surface area contributed by atoms with E-state index in [9.17, 15) is 4.79 Å². The molecule has 88 valence electrons. The van der Waals surface area contributed by atoms with Gasteiger partial charge in [0.1, 0.15) is 0 Å². The maximum absolute atomic E-state index is 12.0. The minimum absolute atomic E-state index is 0.101. The molecule has 0 aliphatic carbocycles. The molecular formula is C11H22N2O2. The Morgan fingerprint density at radius 1 is 1.67 bits per heavy atom. The highest BCUT2D eigenvalue weighted by Gasteiger charge is 2.36. The van der Waals surface area contributed by atoms with Crippen LogP contribution < -0.4 is 10.6 Å². The summed E-state index contributed by atoms with van der Waals surface area (Å²) in [5, 5.41) is 6.28. The molecule has 2 N–H and O–H groups in total. The Bertz CT molecular complexity index is 213. The molecule has 15 heavy (non-hydrogen) atoms. The number of amides is 1. The minimum Gasteiger partial charge on any atom is -0.383 e. The third-order valence-corrected chi connectivity index (χ3v) is 3.07. The van der Waals surface area contributed by atoms with Crippen LogP contribution in [-0.4, -0.2) is 37.7 Å². The number of carbonyl (C=O) groups excluding carboxylic acids is 1. The zero-order valence-electron chi connectivity index (χ0n) is 9.93. The van der Waals surface area contributed by atoms with Crippen LogP contribution in [-0.2, 0) is 9.53 Å². The molecule has 1 aliphatic rings. The van der Waals surface area contributed by atoms with Crippen LogP contribution in [0.2, 0.25) is 0 Å². The van der Waals surface area contributed by atoms with Gasteiger partial charge in [-0.05, 0) is 32.7 Å². The van der Waals surface area contributed by atoms with E-state index in [0.717, 1.165) is 25.8 Å². The van der Waals surface area contributed by atoms with Gasteiger partial charge in [-0.25, -0.2) is 0 Å². The summed E-state index contributed by atoms with van der Waals surface area (Å²) in [4.78, 5) is 12.0. The van der Waals surface area contributed by atoms with E-state index >= 15 is 0 Å². The third kappa shape index (κ3) is 3.18. The van der Waals surface area contributed by atoms with Crippen molar-refractivity contribution in [3.63, 3.8) is 0 Å². The first-order chi connectivity index (χ1) is 7.12. The number of methoxy groups -OCH3 is 1. The Morgan fingerprint density at radius 3 is 2.87 bits per heavy atom. The highest BCUT2D eigenvalue weighted by Crippen LogP contribution is 2.18. The monoisotopic (exact) mass is 214 g/mol. The molecule has 0 aromatic heterocycles. The Kier molecular flexibility index (Phi) is 4.54. The lowest BCUT2D eigenvalue weighted by molar-refractivity contribution is -0.127. The SMILES string of the molecule is CCC(COC)NC(=O)C1(C)CCCN1. The van der Waals surface area contributed by atoms with Crippen LogP contribution in [0.5, 0.6) is 0 Å². The fraction of sp³-hybridized carbons (Fsp3) is 0.909. The van der Waals surface area contributed by atoms with Crippen LogP contribution in [0.3, 0.4) is 0 Å². The molecule has 1 aliphatic heterocycles. The molecule has 0 aromatic rings. The van der Waals surface area contributed by atoms with Crippen molar-refractivity contribution < 1.29 is 9.53 Å². The average Bonchev–Trinajstić information content (AvgIpc) is 2.65. The summed E-state index contributed by atoms with van der Waals surface area (Å²) >= 11 is 0. The normalized spacial score (nSPS) is 27.7. The van der Waals surface area contributed by atoms with Crippen molar-refractivity contribution in [3.8, 4) is 0 Å². The van der Waals surface area contributed by atoms with Crippen molar-refractivity contribution >= 4 is 5.91 Å². The number of nitrogens with one attached hydrogen (secondary N) is 2. The lowest BCUT2D eigenvalue weighted by Crippen LogP contribution is -2.54. The Morgan fingerprint density at radius 2 is 2.40 bits per heavy atom. The lowest BCUT2D eigenvalue weighted by atomic mass is 9.98. The smallest absolute Gasteiger partial charge is 0.240 e. The van der Waals surface area contributed by atoms with Gasteiger partial charge in [0.25, 0.3) is 0 Å². The molecule has 0 spiro atoms. The first-order valence-corrected chi connectivity index (χ1v) is 5.67. The lowest BCUT2D eigenvalue weighted by Gasteiger charge is -2.26. The molecular weight excluding hydrogens is 192 g/mol. The number of carbonyl (C=O) groups is 1. The van der Waals surface area contributed by atoms with Gasteiger partial charge in [-0.15, -0.1) is 0 Å². The van der Waals surface area contributed by atoms with Gasteiger partial charge in [0.15, 0.2) is 0 Å². The van der Waals surface area contributed by atoms with E-state index in [1.165, 1.54) is 0 Å². The van der Waals surface area contributed by atoms with E-state index in [1.807, 2.05) is 13.8 Å². The third-order valence-electron chi connectivity index (χ3n) is 3.07. The second-order valence-electron chi connectivity index (χ2n) is 4.40. The summed E-state index contributed by atoms with van der Waals surface area (Å²) in [7, 11) is 1.66. The molecule has 2 unspecified atom stereocenters. The predicted octanol–water partition coefficient (Wildman–Crippen LogP) is 0.670. The highest BCUT2D eigenvalue weighted by atomic mass is 16.5. The molecule has 1 saturated heterocycles. The first-order valence-electron chi connectivity index (χ1n) is 5.67. The van der Waals surface area contributed by atoms with E-state index < -0.39 is 0 Å². The van der Waals surface area contributed by atoms with Crippen LogP contribution in [0.15, 0.2) is 0 Å². The largest absolute Gasteiger partial charge is 0.383 e. The van der Waals surface area contributed by atoms with Crippen molar-refractivity contribution in [1.29, 1.82) is 0 Å². The topological polar surface area (TPSA) is 50.4 Å². The molecule has 4 nitrogen and oxygen atoms in total. The van der Waals surface area contributed by atoms with Gasteiger partial charge in [-0.3, -0.25) is 4.79 Å². The quantitative estimate of drug-likeness (QED) is 0.707. The summed E-state index contributed by atoms with van der Waals surface area (Å²) in [6.07, 6.45) is 2.89. The molecule has 0 radical (unpaired) electrons. The van der Waals surface area contributed by atoms with Gasteiger partial charge in [0, 0.05) is 7.11 Å². The van der Waals surface area contributed by atoms with Crippen LogP contribution >= 0.6 is 0 Å². The first kappa shape index (κ1) is 12.5. The van der Waals surface area contributed by atoms with Gasteiger partial charge < -0.3 is 15.4 Å². The van der Waals surface area contributed by atoms with Gasteiger partial charge in [-0.2, -0.15) is 0 Å². The number of rotatable bonds is 5. The molecule has 1 heterocycles. The molecule has 0 saturated carbocycles. The zero-order chi connectivity index (χ0) is 11.3. The van der Waals surface area contributed by atoms with Crippen LogP contribution in [0.25, 0.3) is 0 Å². The second-order valence-corrected chi connectivity index (χ2v) is 4.40. The molecule has 2 atom stereocenters. The van der Waals surface area contributed by atoms with E-state index in [-0.39, 0.29) is 17.5 Å². The van der Waals surface area contributed by atoms with Gasteiger partial charge in [-0.1, -0.05) is 6.92 Å². The maximum Gasteiger partial charge on any atom is 0.240 e. The predicted molar refractivity (Wildman–Crippen MR) is 59.7 cm³/mol. The van der Waals surface area contributed by atoms with Crippen molar-refractivity contribution in [2.75, 3.05) is 20.3 Å². The molecule has 1 amide bonds. The molecule has 4 heteroatoms. The number of hydrogen-bond acceptors (Lipinski definition) is 3. The standard InChI is InChI=1S/C11H22N2O2/c1-4-9(8-15-3)13-10(14)11(2)6-5-7-12-11/h9,12H,4-8H2,1-3H3,(H,13,14). The van der Waals surface area contributed by atoms with Crippen molar-refractivity contribution in [2.45, 2.75) is 44.7 Å². The fourth-order valence-corrected chi connectivity index (χ4v) is 1.90. The molecule has 1 rings (SSSR count). The summed E-state index contributed by atoms with van der Waals surface area (Å²) in [5.41, 5.74) is -0.374. The minimum atomic E-state index is -0.374. The van der Waals surface area contributed by atoms with Gasteiger partial charge in [0.05, 0.1) is 18.2 Å². The zero-order valence-corrected chi connectivity index (χ0v) is 9.93. The fourth-order valence-electron chi connectivity index (χ4n) is 1.90. The number of ether oxygens (including phenoxy) is 1. The summed E-state index contributed by atoms with van der Waals surface area (Å²) in [6, 6.07) is 0.127.